The molecule has 0 saturated carbocycles. The van der Waals surface area contributed by atoms with Crippen molar-refractivity contribution in [3.05, 3.63) is 29.1 Å². The zero-order chi connectivity index (χ0) is 31.4. The lowest BCUT2D eigenvalue weighted by atomic mass is 9.94. The van der Waals surface area contributed by atoms with Crippen molar-refractivity contribution in [2.75, 3.05) is 50.4 Å². The van der Waals surface area contributed by atoms with E-state index in [-0.39, 0.29) is 53.0 Å². The Morgan fingerprint density at radius 3 is 2.73 bits per heavy atom. The Kier molecular flexibility index (Phi) is 7.67. The van der Waals surface area contributed by atoms with E-state index in [0.717, 1.165) is 18.6 Å². The van der Waals surface area contributed by atoms with Crippen LogP contribution in [0.25, 0.3) is 22.2 Å². The number of benzene rings is 1. The number of alkyl halides is 5. The first-order valence-corrected chi connectivity index (χ1v) is 14.5. The minimum atomic E-state index is -4.85. The Balaban J connectivity index is 1.52. The maximum Gasteiger partial charge on any atom is 0.417 e. The zero-order valence-corrected chi connectivity index (χ0v) is 24.3. The Labute approximate surface area is 249 Å². The van der Waals surface area contributed by atoms with Gasteiger partial charge in [0.05, 0.1) is 23.8 Å². The van der Waals surface area contributed by atoms with Crippen molar-refractivity contribution in [1.29, 1.82) is 0 Å². The lowest BCUT2D eigenvalue weighted by Crippen LogP contribution is -2.43. The molecule has 0 amide bonds. The molecule has 1 aromatic carbocycles. The topological polar surface area (TPSA) is 110 Å². The lowest BCUT2D eigenvalue weighted by Gasteiger charge is -2.30. The second-order valence-corrected chi connectivity index (χ2v) is 11.9. The quantitative estimate of drug-likeness (QED) is 0.267. The summed E-state index contributed by atoms with van der Waals surface area (Å²) in [5, 5.41) is 6.36. The maximum absolute atomic E-state index is 16.5. The van der Waals surface area contributed by atoms with E-state index in [1.54, 1.807) is 11.8 Å². The third-order valence-electron chi connectivity index (χ3n) is 8.48. The minimum absolute atomic E-state index is 0.0117. The summed E-state index contributed by atoms with van der Waals surface area (Å²) in [6, 6.07) is 1.86. The van der Waals surface area contributed by atoms with Crippen LogP contribution in [0.1, 0.15) is 43.7 Å². The van der Waals surface area contributed by atoms with E-state index >= 15 is 4.39 Å². The largest absolute Gasteiger partial charge is 0.474 e. The van der Waals surface area contributed by atoms with Crippen molar-refractivity contribution in [2.24, 2.45) is 0 Å². The molecule has 0 aliphatic carbocycles. The molecule has 0 spiro atoms. The number of nitrogens with zero attached hydrogens (tertiary/aromatic N) is 4. The first kappa shape index (κ1) is 30.4. The van der Waals surface area contributed by atoms with Crippen LogP contribution >= 0.6 is 0 Å². The van der Waals surface area contributed by atoms with Gasteiger partial charge >= 0.3 is 12.2 Å². The van der Waals surface area contributed by atoms with Gasteiger partial charge in [0.15, 0.2) is 5.82 Å². The van der Waals surface area contributed by atoms with E-state index in [1.165, 1.54) is 6.92 Å². The van der Waals surface area contributed by atoms with Gasteiger partial charge in [-0.05, 0) is 63.9 Å². The molecule has 3 aliphatic rings. The van der Waals surface area contributed by atoms with E-state index in [0.29, 0.717) is 39.0 Å². The molecule has 0 unspecified atom stereocenters. The predicted octanol–water partition coefficient (Wildman–Crippen LogP) is 5.17. The SMILES string of the molecule is Cc1cc(N)cc(-c2nc3c4c(nc(OC[C@]56CCCN5CC(F)(F)C6)nc4c2F)NCCNCC[C@H](C)O3)c1C(F)(F)F. The third-order valence-corrected chi connectivity index (χ3v) is 8.48. The molecule has 6 rings (SSSR count). The number of pyridine rings is 1. The fraction of sp³-hybridized carbons (Fsp3) is 0.552. The number of fused-ring (bicyclic) bond motifs is 1. The molecule has 2 saturated heterocycles. The Bertz CT molecular complexity index is 1590. The molecule has 2 aromatic heterocycles. The maximum atomic E-state index is 16.5. The molecule has 15 heteroatoms. The van der Waals surface area contributed by atoms with Crippen LogP contribution in [0.2, 0.25) is 0 Å². The van der Waals surface area contributed by atoms with Crippen molar-refractivity contribution >= 4 is 22.4 Å². The highest BCUT2D eigenvalue weighted by Gasteiger charge is 2.57. The number of nitrogen functional groups attached to an aromatic ring is 1. The van der Waals surface area contributed by atoms with E-state index in [9.17, 15) is 22.0 Å². The monoisotopic (exact) mass is 625 g/mol. The van der Waals surface area contributed by atoms with Gasteiger partial charge in [0.2, 0.25) is 5.88 Å². The van der Waals surface area contributed by atoms with Gasteiger partial charge in [-0.2, -0.15) is 23.1 Å². The molecule has 44 heavy (non-hydrogen) atoms. The number of hydrogen-bond donors (Lipinski definition) is 3. The number of hydrogen-bond acceptors (Lipinski definition) is 9. The summed E-state index contributed by atoms with van der Waals surface area (Å²) >= 11 is 0. The average molecular weight is 626 g/mol. The van der Waals surface area contributed by atoms with E-state index < -0.39 is 52.8 Å². The third kappa shape index (κ3) is 5.67. The van der Waals surface area contributed by atoms with E-state index in [2.05, 4.69) is 25.6 Å². The predicted molar refractivity (Wildman–Crippen MR) is 152 cm³/mol. The van der Waals surface area contributed by atoms with Crippen molar-refractivity contribution in [2.45, 2.75) is 63.3 Å². The van der Waals surface area contributed by atoms with Crippen molar-refractivity contribution in [3.63, 3.8) is 0 Å². The summed E-state index contributed by atoms with van der Waals surface area (Å²) in [7, 11) is 0. The Hall–Kier alpha value is -3.59. The molecule has 5 heterocycles. The smallest absolute Gasteiger partial charge is 0.417 e. The minimum Gasteiger partial charge on any atom is -0.474 e. The summed E-state index contributed by atoms with van der Waals surface area (Å²) in [6.07, 6.45) is -3.96. The van der Waals surface area contributed by atoms with Gasteiger partial charge in [0.25, 0.3) is 5.92 Å². The number of ether oxygens (including phenoxy) is 2. The molecule has 4 N–H and O–H groups in total. The van der Waals surface area contributed by atoms with Crippen LogP contribution in [-0.4, -0.2) is 76.7 Å². The van der Waals surface area contributed by atoms with Gasteiger partial charge in [-0.15, -0.1) is 0 Å². The normalized spacial score (nSPS) is 24.0. The molecule has 0 bridgehead atoms. The highest BCUT2D eigenvalue weighted by Crippen LogP contribution is 2.47. The van der Waals surface area contributed by atoms with E-state index in [1.807, 2.05) is 0 Å². The summed E-state index contributed by atoms with van der Waals surface area (Å²) < 4.78 is 100. The number of aryl methyl sites for hydroxylation is 1. The molecule has 3 aromatic rings. The number of aromatic nitrogens is 3. The fourth-order valence-corrected chi connectivity index (χ4v) is 6.57. The van der Waals surface area contributed by atoms with Crippen LogP contribution in [0.4, 0.5) is 37.8 Å². The van der Waals surface area contributed by atoms with Crippen LogP contribution in [0, 0.1) is 12.7 Å². The van der Waals surface area contributed by atoms with Gasteiger partial charge in [-0.3, -0.25) is 4.90 Å². The summed E-state index contributed by atoms with van der Waals surface area (Å²) in [5.41, 5.74) is 2.08. The number of halogens is 6. The van der Waals surface area contributed by atoms with Gasteiger partial charge in [0.1, 0.15) is 29.0 Å². The van der Waals surface area contributed by atoms with Crippen molar-refractivity contribution in [3.8, 4) is 23.1 Å². The van der Waals surface area contributed by atoms with Crippen LogP contribution in [0.3, 0.4) is 0 Å². The van der Waals surface area contributed by atoms with Gasteiger partial charge in [0, 0.05) is 30.8 Å². The lowest BCUT2D eigenvalue weighted by molar-refractivity contribution is -0.137. The number of rotatable bonds is 4. The van der Waals surface area contributed by atoms with Crippen molar-refractivity contribution in [1.82, 2.24) is 25.2 Å². The highest BCUT2D eigenvalue weighted by atomic mass is 19.4. The molecule has 3 aliphatic heterocycles. The Morgan fingerprint density at radius 2 is 1.95 bits per heavy atom. The standard InChI is InChI=1S/C29H33F6N7O2/c1-15-10-17(36)11-18(20(15)29(33,34)35)22-21(30)23-19-24(38-8-7-37-6-4-16(2)44-25(19)39-22)41-26(40-23)43-14-27-5-3-9-42(27)13-28(31,32)12-27/h10-11,16,37H,3-9,12-14,36H2,1-2H3,(H,38,40,41)/t16-,27+/m0/s1. The second kappa shape index (κ2) is 11.1. The second-order valence-electron chi connectivity index (χ2n) is 11.9. The average Bonchev–Trinajstić information content (AvgIpc) is 3.40. The van der Waals surface area contributed by atoms with Crippen molar-refractivity contribution < 1.29 is 35.8 Å². The molecular weight excluding hydrogens is 592 g/mol. The highest BCUT2D eigenvalue weighted by molar-refractivity contribution is 5.96. The fourth-order valence-electron chi connectivity index (χ4n) is 6.57. The van der Waals surface area contributed by atoms with E-state index in [4.69, 9.17) is 15.2 Å². The van der Waals surface area contributed by atoms with Crippen LogP contribution in [-0.2, 0) is 6.18 Å². The first-order chi connectivity index (χ1) is 20.8. The molecule has 238 valence electrons. The molecule has 2 fully saturated rings. The summed E-state index contributed by atoms with van der Waals surface area (Å²) in [5.74, 6) is -4.11. The number of nitrogens with one attached hydrogen (secondary N) is 2. The number of nitrogens with two attached hydrogens (primary N) is 1. The first-order valence-electron chi connectivity index (χ1n) is 14.5. The zero-order valence-electron chi connectivity index (χ0n) is 24.3. The van der Waals surface area contributed by atoms with Crippen LogP contribution in [0.15, 0.2) is 12.1 Å². The molecule has 9 nitrogen and oxygen atoms in total. The van der Waals surface area contributed by atoms with Gasteiger partial charge in [-0.1, -0.05) is 0 Å². The Morgan fingerprint density at radius 1 is 1.16 bits per heavy atom. The number of anilines is 2. The summed E-state index contributed by atoms with van der Waals surface area (Å²) in [4.78, 5) is 14.7. The van der Waals surface area contributed by atoms with Crippen LogP contribution < -0.4 is 25.8 Å². The molecular formula is C29H33F6N7O2. The van der Waals surface area contributed by atoms with Gasteiger partial charge in [-0.25, -0.2) is 18.2 Å². The van der Waals surface area contributed by atoms with Crippen LogP contribution in [0.5, 0.6) is 11.9 Å². The van der Waals surface area contributed by atoms with Gasteiger partial charge < -0.3 is 25.8 Å². The molecule has 0 radical (unpaired) electrons. The molecule has 2 atom stereocenters. The summed E-state index contributed by atoms with van der Waals surface area (Å²) in [6.45, 7) is 4.39.